The Labute approximate surface area is 150 Å². The van der Waals surface area contributed by atoms with E-state index < -0.39 is 5.95 Å². The van der Waals surface area contributed by atoms with E-state index in [0.29, 0.717) is 28.5 Å². The summed E-state index contributed by atoms with van der Waals surface area (Å²) in [5, 5.41) is 2.86. The van der Waals surface area contributed by atoms with Crippen LogP contribution in [0.25, 0.3) is 0 Å². The van der Waals surface area contributed by atoms with Gasteiger partial charge in [0.15, 0.2) is 5.13 Å². The molecule has 1 N–H and O–H groups in total. The van der Waals surface area contributed by atoms with Crippen molar-refractivity contribution < 1.29 is 9.18 Å². The van der Waals surface area contributed by atoms with Gasteiger partial charge >= 0.3 is 0 Å². The fourth-order valence-electron chi connectivity index (χ4n) is 3.32. The van der Waals surface area contributed by atoms with Gasteiger partial charge in [-0.1, -0.05) is 11.3 Å². The van der Waals surface area contributed by atoms with Crippen LogP contribution in [-0.4, -0.2) is 38.3 Å². The lowest BCUT2D eigenvalue weighted by molar-refractivity contribution is -0.114. The number of halogens is 1. The summed E-state index contributed by atoms with van der Waals surface area (Å²) in [5.74, 6) is -0.235. The molecule has 2 aromatic rings. The van der Waals surface area contributed by atoms with Crippen molar-refractivity contribution in [2.24, 2.45) is 5.92 Å². The first-order valence-electron chi connectivity index (χ1n) is 8.35. The van der Waals surface area contributed by atoms with Crippen molar-refractivity contribution in [1.82, 2.24) is 19.9 Å². The fourth-order valence-corrected chi connectivity index (χ4v) is 4.24. The van der Waals surface area contributed by atoms with Crippen LogP contribution in [0.4, 0.5) is 9.52 Å². The number of aryl methyl sites for hydroxylation is 1. The molecule has 0 radical (unpaired) electrons. The van der Waals surface area contributed by atoms with Crippen LogP contribution in [0, 0.1) is 18.8 Å². The van der Waals surface area contributed by atoms with Crippen molar-refractivity contribution in [2.75, 3.05) is 11.9 Å². The summed E-state index contributed by atoms with van der Waals surface area (Å²) in [5.41, 5.74) is 2.04. The Morgan fingerprint density at radius 2 is 2.28 bits per heavy atom. The van der Waals surface area contributed by atoms with E-state index >= 15 is 0 Å². The minimum atomic E-state index is -0.490. The summed E-state index contributed by atoms with van der Waals surface area (Å²) in [6.45, 7) is 6.94. The molecule has 6 nitrogen and oxygen atoms in total. The Morgan fingerprint density at radius 3 is 3.00 bits per heavy atom. The fraction of sp³-hybridized carbons (Fsp3) is 0.529. The normalized spacial score (nSPS) is 20.8. The van der Waals surface area contributed by atoms with Gasteiger partial charge in [-0.25, -0.2) is 9.97 Å². The average molecular weight is 363 g/mol. The van der Waals surface area contributed by atoms with E-state index in [-0.39, 0.29) is 5.91 Å². The minimum absolute atomic E-state index is 0.241. The van der Waals surface area contributed by atoms with Crippen LogP contribution in [0.15, 0.2) is 12.4 Å². The standard InChI is InChI=1S/C17H22FN5OS/c1-10-4-14(20-9-19-10)6-13-5-11(2)23(7-13)8-15-16(18)22-17(25-15)21-12(3)24/h4,9,11,13H,5-8H2,1-3H3,(H,21,22,24)/t11-,13-/m0/s1. The Hall–Kier alpha value is -1.93. The predicted molar refractivity (Wildman–Crippen MR) is 94.8 cm³/mol. The molecule has 1 aliphatic rings. The second-order valence-electron chi connectivity index (χ2n) is 6.65. The number of rotatable bonds is 5. The monoisotopic (exact) mass is 363 g/mol. The van der Waals surface area contributed by atoms with Gasteiger partial charge in [0.1, 0.15) is 6.33 Å². The van der Waals surface area contributed by atoms with Crippen LogP contribution in [0.1, 0.15) is 36.5 Å². The third-order valence-electron chi connectivity index (χ3n) is 4.43. The quantitative estimate of drug-likeness (QED) is 0.884. The van der Waals surface area contributed by atoms with Crippen LogP contribution in [0.2, 0.25) is 0 Å². The lowest BCUT2D eigenvalue weighted by Gasteiger charge is -2.19. The predicted octanol–water partition coefficient (Wildman–Crippen LogP) is 2.79. The van der Waals surface area contributed by atoms with Crippen molar-refractivity contribution in [2.45, 2.75) is 46.2 Å². The first kappa shape index (κ1) is 17.9. The highest BCUT2D eigenvalue weighted by Gasteiger charge is 2.30. The van der Waals surface area contributed by atoms with Crippen molar-refractivity contribution in [3.63, 3.8) is 0 Å². The highest BCUT2D eigenvalue weighted by Crippen LogP contribution is 2.30. The number of anilines is 1. The molecule has 1 saturated heterocycles. The summed E-state index contributed by atoms with van der Waals surface area (Å²) >= 11 is 1.20. The van der Waals surface area contributed by atoms with E-state index in [0.717, 1.165) is 30.8 Å². The van der Waals surface area contributed by atoms with Crippen molar-refractivity contribution >= 4 is 22.4 Å². The molecule has 8 heteroatoms. The highest BCUT2D eigenvalue weighted by atomic mass is 32.1. The second-order valence-corrected chi connectivity index (χ2v) is 7.73. The largest absolute Gasteiger partial charge is 0.302 e. The zero-order valence-corrected chi connectivity index (χ0v) is 15.4. The molecule has 0 bridgehead atoms. The van der Waals surface area contributed by atoms with Crippen molar-refractivity contribution in [1.29, 1.82) is 0 Å². The molecule has 0 saturated carbocycles. The molecule has 0 aromatic carbocycles. The molecule has 1 aliphatic heterocycles. The van der Waals surface area contributed by atoms with E-state index in [4.69, 9.17) is 0 Å². The number of nitrogens with one attached hydrogen (secondary N) is 1. The molecule has 0 unspecified atom stereocenters. The summed E-state index contributed by atoms with van der Waals surface area (Å²) in [7, 11) is 0. The average Bonchev–Trinajstić information content (AvgIpc) is 3.02. The maximum atomic E-state index is 14.0. The molecule has 25 heavy (non-hydrogen) atoms. The third kappa shape index (κ3) is 4.58. The molecule has 1 fully saturated rings. The highest BCUT2D eigenvalue weighted by molar-refractivity contribution is 7.15. The van der Waals surface area contributed by atoms with E-state index in [2.05, 4.69) is 32.1 Å². The van der Waals surface area contributed by atoms with E-state index in [9.17, 15) is 9.18 Å². The van der Waals surface area contributed by atoms with Gasteiger partial charge in [0, 0.05) is 37.4 Å². The van der Waals surface area contributed by atoms with Gasteiger partial charge in [-0.2, -0.15) is 9.37 Å². The van der Waals surface area contributed by atoms with Crippen LogP contribution < -0.4 is 5.32 Å². The smallest absolute Gasteiger partial charge is 0.230 e. The molecule has 1 amide bonds. The number of nitrogens with zero attached hydrogens (tertiary/aromatic N) is 4. The molecule has 0 spiro atoms. The van der Waals surface area contributed by atoms with E-state index in [1.807, 2.05) is 13.0 Å². The molecule has 3 rings (SSSR count). The number of hydrogen-bond donors (Lipinski definition) is 1. The lowest BCUT2D eigenvalue weighted by atomic mass is 10.00. The maximum Gasteiger partial charge on any atom is 0.230 e. The van der Waals surface area contributed by atoms with Gasteiger partial charge < -0.3 is 5.32 Å². The third-order valence-corrected chi connectivity index (χ3v) is 5.36. The molecule has 134 valence electrons. The lowest BCUT2D eigenvalue weighted by Crippen LogP contribution is -2.26. The first-order valence-corrected chi connectivity index (χ1v) is 9.16. The molecule has 3 heterocycles. The number of likely N-dealkylation sites (tertiary alicyclic amines) is 1. The molecule has 2 aromatic heterocycles. The Kier molecular flexibility index (Phi) is 5.39. The number of carbonyl (C=O) groups excluding carboxylic acids is 1. The molecule has 0 aliphatic carbocycles. The zero-order chi connectivity index (χ0) is 18.0. The Morgan fingerprint density at radius 1 is 1.48 bits per heavy atom. The number of thiazole rings is 1. The summed E-state index contributed by atoms with van der Waals surface area (Å²) in [6.07, 6.45) is 3.58. The van der Waals surface area contributed by atoms with Gasteiger partial charge in [0.2, 0.25) is 11.9 Å². The summed E-state index contributed by atoms with van der Waals surface area (Å²) in [4.78, 5) is 26.2. The van der Waals surface area contributed by atoms with Crippen LogP contribution >= 0.6 is 11.3 Å². The van der Waals surface area contributed by atoms with Gasteiger partial charge in [-0.3, -0.25) is 9.69 Å². The summed E-state index contributed by atoms with van der Waals surface area (Å²) < 4.78 is 14.0. The van der Waals surface area contributed by atoms with Crippen LogP contribution in [0.5, 0.6) is 0 Å². The van der Waals surface area contributed by atoms with Crippen molar-refractivity contribution in [3.05, 3.63) is 34.6 Å². The number of carbonyl (C=O) groups is 1. The molecular weight excluding hydrogens is 341 g/mol. The summed E-state index contributed by atoms with van der Waals surface area (Å²) in [6, 6.07) is 2.40. The van der Waals surface area contributed by atoms with E-state index in [1.54, 1.807) is 6.33 Å². The zero-order valence-electron chi connectivity index (χ0n) is 14.6. The topological polar surface area (TPSA) is 71.0 Å². The molecule has 2 atom stereocenters. The Bertz CT molecular complexity index is 765. The number of aromatic nitrogens is 3. The van der Waals surface area contributed by atoms with E-state index in [1.165, 1.54) is 18.3 Å². The second kappa shape index (κ2) is 7.53. The van der Waals surface area contributed by atoms with Gasteiger partial charge in [-0.15, -0.1) is 0 Å². The Balaban J connectivity index is 1.62. The first-order chi connectivity index (χ1) is 11.9. The maximum absolute atomic E-state index is 14.0. The molecular formula is C17H22FN5OS. The SMILES string of the molecule is CC(=O)Nc1nc(F)c(CN2C[C@H](Cc3cc(C)ncn3)C[C@@H]2C)s1. The van der Waals surface area contributed by atoms with Gasteiger partial charge in [-0.05, 0) is 38.7 Å². The van der Waals surface area contributed by atoms with Crippen LogP contribution in [0.3, 0.4) is 0 Å². The number of amides is 1. The minimum Gasteiger partial charge on any atom is -0.302 e. The number of hydrogen-bond acceptors (Lipinski definition) is 6. The van der Waals surface area contributed by atoms with Gasteiger partial charge in [0.25, 0.3) is 0 Å². The van der Waals surface area contributed by atoms with Crippen LogP contribution in [-0.2, 0) is 17.8 Å². The van der Waals surface area contributed by atoms with Gasteiger partial charge in [0.05, 0.1) is 4.88 Å². The van der Waals surface area contributed by atoms with Crippen molar-refractivity contribution in [3.8, 4) is 0 Å².